The Labute approximate surface area is 180 Å². The summed E-state index contributed by atoms with van der Waals surface area (Å²) in [7, 11) is 0. The quantitative estimate of drug-likeness (QED) is 0.179. The van der Waals surface area contributed by atoms with Crippen LogP contribution < -0.4 is 0 Å². The largest absolute Gasteiger partial charge is 0.508 e. The van der Waals surface area contributed by atoms with Gasteiger partial charge in [0.2, 0.25) is 0 Å². The summed E-state index contributed by atoms with van der Waals surface area (Å²) in [6.45, 7) is 2.28. The maximum atomic E-state index is 9.77. The molecule has 166 valence electrons. The second-order valence-electron chi connectivity index (χ2n) is 8.52. The third kappa shape index (κ3) is 14.2. The number of unbranched alkanes of at least 4 members (excludes halogenated alkanes) is 15. The van der Waals surface area contributed by atoms with Gasteiger partial charge in [0.25, 0.3) is 0 Å². The van der Waals surface area contributed by atoms with E-state index in [0.29, 0.717) is 5.56 Å². The summed E-state index contributed by atoms with van der Waals surface area (Å²) in [5.41, 5.74) is 0.684. The van der Waals surface area contributed by atoms with Crippen LogP contribution in [0.2, 0.25) is 0 Å². The van der Waals surface area contributed by atoms with E-state index in [0.717, 1.165) is 25.7 Å². The SMILES string of the molecule is CCCCCCCCCCCCCCCC=CCCCCc1c(O)cccc1O. The van der Waals surface area contributed by atoms with Crippen molar-refractivity contribution in [2.75, 3.05) is 0 Å². The molecule has 0 atom stereocenters. The summed E-state index contributed by atoms with van der Waals surface area (Å²) in [6.07, 6.45) is 28.1. The number of phenols is 2. The van der Waals surface area contributed by atoms with Crippen molar-refractivity contribution in [3.05, 3.63) is 35.9 Å². The van der Waals surface area contributed by atoms with Crippen molar-refractivity contribution in [1.29, 1.82) is 0 Å². The molecular weight excluding hydrogens is 356 g/mol. The Balaban J connectivity index is 1.82. The molecule has 1 aromatic rings. The van der Waals surface area contributed by atoms with E-state index in [1.54, 1.807) is 18.2 Å². The first-order chi connectivity index (χ1) is 14.3. The van der Waals surface area contributed by atoms with Crippen molar-refractivity contribution in [2.24, 2.45) is 0 Å². The van der Waals surface area contributed by atoms with Crippen molar-refractivity contribution in [3.8, 4) is 11.5 Å². The van der Waals surface area contributed by atoms with Crippen molar-refractivity contribution < 1.29 is 10.2 Å². The van der Waals surface area contributed by atoms with E-state index in [2.05, 4.69) is 19.1 Å². The van der Waals surface area contributed by atoms with Gasteiger partial charge in [-0.2, -0.15) is 0 Å². The lowest BCUT2D eigenvalue weighted by molar-refractivity contribution is 0.436. The molecule has 0 saturated heterocycles. The van der Waals surface area contributed by atoms with E-state index in [-0.39, 0.29) is 11.5 Å². The number of benzene rings is 1. The number of aromatic hydroxyl groups is 2. The normalized spacial score (nSPS) is 11.5. The minimum atomic E-state index is 0.211. The van der Waals surface area contributed by atoms with Crippen LogP contribution in [0.3, 0.4) is 0 Å². The second-order valence-corrected chi connectivity index (χ2v) is 8.52. The molecule has 0 radical (unpaired) electrons. The molecule has 0 heterocycles. The molecule has 0 aliphatic rings. The number of rotatable bonds is 19. The highest BCUT2D eigenvalue weighted by molar-refractivity contribution is 5.42. The molecule has 0 aromatic heterocycles. The predicted octanol–water partition coefficient (Wildman–Crippen LogP) is 8.85. The lowest BCUT2D eigenvalue weighted by Crippen LogP contribution is -1.87. The van der Waals surface area contributed by atoms with Crippen LogP contribution in [-0.2, 0) is 6.42 Å². The molecule has 29 heavy (non-hydrogen) atoms. The van der Waals surface area contributed by atoms with Crippen molar-refractivity contribution in [2.45, 2.75) is 122 Å². The zero-order valence-corrected chi connectivity index (χ0v) is 19.0. The number of allylic oxidation sites excluding steroid dienone is 2. The fraction of sp³-hybridized carbons (Fsp3) is 0.704. The number of hydrogen-bond donors (Lipinski definition) is 2. The maximum absolute atomic E-state index is 9.77. The first kappa shape index (κ1) is 25.6. The van der Waals surface area contributed by atoms with Crippen LogP contribution in [0.15, 0.2) is 30.4 Å². The number of phenolic OH excluding ortho intramolecular Hbond substituents is 2. The van der Waals surface area contributed by atoms with Gasteiger partial charge in [-0.05, 0) is 50.7 Å². The molecule has 0 spiro atoms. The van der Waals surface area contributed by atoms with E-state index in [4.69, 9.17) is 0 Å². The summed E-state index contributed by atoms with van der Waals surface area (Å²) in [5.74, 6) is 0.422. The van der Waals surface area contributed by atoms with Gasteiger partial charge in [-0.15, -0.1) is 0 Å². The summed E-state index contributed by atoms with van der Waals surface area (Å²) >= 11 is 0. The summed E-state index contributed by atoms with van der Waals surface area (Å²) in [4.78, 5) is 0. The minimum Gasteiger partial charge on any atom is -0.508 e. The molecule has 0 unspecified atom stereocenters. The monoisotopic (exact) mass is 402 g/mol. The lowest BCUT2D eigenvalue weighted by Gasteiger charge is -2.06. The maximum Gasteiger partial charge on any atom is 0.122 e. The van der Waals surface area contributed by atoms with Crippen LogP contribution in [0.1, 0.15) is 122 Å². The smallest absolute Gasteiger partial charge is 0.122 e. The van der Waals surface area contributed by atoms with E-state index in [1.165, 1.54) is 89.9 Å². The molecule has 0 fully saturated rings. The molecule has 0 amide bonds. The van der Waals surface area contributed by atoms with Crippen molar-refractivity contribution in [3.63, 3.8) is 0 Å². The zero-order valence-electron chi connectivity index (χ0n) is 19.0. The highest BCUT2D eigenvalue weighted by Crippen LogP contribution is 2.27. The van der Waals surface area contributed by atoms with Crippen LogP contribution in [-0.4, -0.2) is 10.2 Å². The molecule has 0 bridgehead atoms. The van der Waals surface area contributed by atoms with E-state index in [1.807, 2.05) is 0 Å². The Morgan fingerprint density at radius 3 is 1.48 bits per heavy atom. The van der Waals surface area contributed by atoms with Crippen LogP contribution in [0, 0.1) is 0 Å². The van der Waals surface area contributed by atoms with Crippen LogP contribution in [0.4, 0.5) is 0 Å². The zero-order chi connectivity index (χ0) is 21.0. The van der Waals surface area contributed by atoms with Gasteiger partial charge in [0.15, 0.2) is 0 Å². The third-order valence-electron chi connectivity index (χ3n) is 5.82. The highest BCUT2D eigenvalue weighted by atomic mass is 16.3. The highest BCUT2D eigenvalue weighted by Gasteiger charge is 2.05. The third-order valence-corrected chi connectivity index (χ3v) is 5.82. The van der Waals surface area contributed by atoms with Gasteiger partial charge in [0, 0.05) is 5.56 Å². The molecular formula is C27H46O2. The molecule has 2 nitrogen and oxygen atoms in total. The van der Waals surface area contributed by atoms with Crippen molar-refractivity contribution in [1.82, 2.24) is 0 Å². The van der Waals surface area contributed by atoms with Crippen LogP contribution >= 0.6 is 0 Å². The molecule has 1 aromatic carbocycles. The topological polar surface area (TPSA) is 40.5 Å². The Bertz CT molecular complexity index is 501. The van der Waals surface area contributed by atoms with Crippen molar-refractivity contribution >= 4 is 0 Å². The molecule has 1 rings (SSSR count). The van der Waals surface area contributed by atoms with Crippen LogP contribution in [0.25, 0.3) is 0 Å². The average Bonchev–Trinajstić information content (AvgIpc) is 2.71. The van der Waals surface area contributed by atoms with Gasteiger partial charge in [0.05, 0.1) is 0 Å². The Morgan fingerprint density at radius 2 is 1.00 bits per heavy atom. The second kappa shape index (κ2) is 18.6. The van der Waals surface area contributed by atoms with E-state index >= 15 is 0 Å². The molecule has 0 saturated carbocycles. The first-order valence-electron chi connectivity index (χ1n) is 12.4. The van der Waals surface area contributed by atoms with Gasteiger partial charge in [-0.25, -0.2) is 0 Å². The molecule has 0 aliphatic heterocycles. The fourth-order valence-electron chi connectivity index (χ4n) is 3.90. The minimum absolute atomic E-state index is 0.211. The van der Waals surface area contributed by atoms with Gasteiger partial charge in [-0.1, -0.05) is 102 Å². The van der Waals surface area contributed by atoms with Gasteiger partial charge < -0.3 is 10.2 Å². The molecule has 2 heteroatoms. The van der Waals surface area contributed by atoms with E-state index < -0.39 is 0 Å². The standard InChI is InChI=1S/C27H46O2/c1-2-3-4-5-6-7-8-9-10-11-12-13-14-15-16-17-18-19-20-22-25-26(28)23-21-24-27(25)29/h16-17,21,23-24,28-29H,2-15,18-20,22H2,1H3. The predicted molar refractivity (Wildman–Crippen MR) is 127 cm³/mol. The average molecular weight is 403 g/mol. The Morgan fingerprint density at radius 1 is 0.586 bits per heavy atom. The summed E-state index contributed by atoms with van der Waals surface area (Å²) in [5, 5.41) is 19.5. The fourth-order valence-corrected chi connectivity index (χ4v) is 3.90. The molecule has 0 aliphatic carbocycles. The van der Waals surface area contributed by atoms with E-state index in [9.17, 15) is 10.2 Å². The first-order valence-corrected chi connectivity index (χ1v) is 12.4. The number of hydrogen-bond acceptors (Lipinski definition) is 2. The van der Waals surface area contributed by atoms with Gasteiger partial charge in [0.1, 0.15) is 11.5 Å². The van der Waals surface area contributed by atoms with Gasteiger partial charge in [-0.3, -0.25) is 0 Å². The lowest BCUT2D eigenvalue weighted by atomic mass is 10.0. The Kier molecular flexibility index (Phi) is 16.4. The summed E-state index contributed by atoms with van der Waals surface area (Å²) < 4.78 is 0. The van der Waals surface area contributed by atoms with Gasteiger partial charge >= 0.3 is 0 Å². The van der Waals surface area contributed by atoms with Crippen LogP contribution in [0.5, 0.6) is 11.5 Å². The molecule has 2 N–H and O–H groups in total. The Hall–Kier alpha value is -1.44. The summed E-state index contributed by atoms with van der Waals surface area (Å²) in [6, 6.07) is 4.96.